The molecular formula is C21H27NO2. The second kappa shape index (κ2) is 7.33. The molecule has 1 aromatic rings. The van der Waals surface area contributed by atoms with Crippen LogP contribution < -0.4 is 0 Å². The summed E-state index contributed by atoms with van der Waals surface area (Å²) in [7, 11) is 0. The molecule has 1 aliphatic heterocycles. The fourth-order valence-electron chi connectivity index (χ4n) is 4.17. The maximum Gasteiger partial charge on any atom is 0.254 e. The van der Waals surface area contributed by atoms with Gasteiger partial charge in [0.15, 0.2) is 0 Å². The molecule has 1 heterocycles. The van der Waals surface area contributed by atoms with E-state index in [1.54, 1.807) is 0 Å². The molecule has 2 atom stereocenters. The zero-order chi connectivity index (χ0) is 17.1. The molecular weight excluding hydrogens is 298 g/mol. The summed E-state index contributed by atoms with van der Waals surface area (Å²) >= 11 is 0. The monoisotopic (exact) mass is 325 g/mol. The Labute approximate surface area is 144 Å². The molecule has 0 N–H and O–H groups in total. The number of nitrogens with zero attached hydrogens (tertiary/aromatic N) is 1. The zero-order valence-corrected chi connectivity index (χ0v) is 14.8. The molecule has 0 bridgehead atoms. The van der Waals surface area contributed by atoms with Crippen molar-refractivity contribution < 1.29 is 9.59 Å². The molecule has 0 spiro atoms. The molecule has 1 aromatic carbocycles. The first-order valence-electron chi connectivity index (χ1n) is 9.33. The van der Waals surface area contributed by atoms with Crippen LogP contribution in [0.3, 0.4) is 0 Å². The maximum atomic E-state index is 12.3. The van der Waals surface area contributed by atoms with E-state index in [0.29, 0.717) is 5.92 Å². The minimum Gasteiger partial charge on any atom is -0.269 e. The van der Waals surface area contributed by atoms with E-state index in [4.69, 9.17) is 0 Å². The van der Waals surface area contributed by atoms with Gasteiger partial charge in [-0.05, 0) is 48.3 Å². The number of aryl methyl sites for hydroxylation is 1. The summed E-state index contributed by atoms with van der Waals surface area (Å²) in [4.78, 5) is 26.0. The minimum atomic E-state index is -0.154. The van der Waals surface area contributed by atoms with E-state index in [1.807, 2.05) is 0 Å². The zero-order valence-electron chi connectivity index (χ0n) is 14.8. The van der Waals surface area contributed by atoms with Crippen LogP contribution in [0.15, 0.2) is 30.4 Å². The van der Waals surface area contributed by atoms with E-state index >= 15 is 0 Å². The SMILES string of the molecule is CCCCc1cccc2c1C[C@H](CCCC)[C@@H]2N1C(=O)C=CC1=O. The maximum absolute atomic E-state index is 12.3. The van der Waals surface area contributed by atoms with Crippen molar-refractivity contribution in [2.24, 2.45) is 5.92 Å². The number of rotatable bonds is 7. The molecule has 2 amide bonds. The lowest BCUT2D eigenvalue weighted by molar-refractivity contribution is -0.140. The smallest absolute Gasteiger partial charge is 0.254 e. The second-order valence-corrected chi connectivity index (χ2v) is 7.02. The fourth-order valence-corrected chi connectivity index (χ4v) is 4.17. The summed E-state index contributed by atoms with van der Waals surface area (Å²) in [6, 6.07) is 6.36. The van der Waals surface area contributed by atoms with Crippen molar-refractivity contribution in [3.05, 3.63) is 47.0 Å². The summed E-state index contributed by atoms with van der Waals surface area (Å²) < 4.78 is 0. The Morgan fingerprint density at radius 2 is 1.75 bits per heavy atom. The molecule has 2 aliphatic rings. The van der Waals surface area contributed by atoms with Crippen molar-refractivity contribution >= 4 is 11.8 Å². The van der Waals surface area contributed by atoms with Gasteiger partial charge in [-0.25, -0.2) is 0 Å². The first kappa shape index (κ1) is 16.9. The summed E-state index contributed by atoms with van der Waals surface area (Å²) in [6.45, 7) is 4.40. The number of carbonyl (C=O) groups is 2. The van der Waals surface area contributed by atoms with Gasteiger partial charge in [-0.1, -0.05) is 51.3 Å². The Balaban J connectivity index is 1.96. The highest BCUT2D eigenvalue weighted by Gasteiger charge is 2.42. The molecule has 128 valence electrons. The number of benzene rings is 1. The number of fused-ring (bicyclic) bond motifs is 1. The standard InChI is InChI=1S/C21H27NO2/c1-3-5-8-15-10-7-11-17-18(15)14-16(9-6-4-2)21(17)22-19(23)12-13-20(22)24/h7,10-13,16,21H,3-6,8-9,14H2,1-2H3/t16-,21-/m0/s1. The summed E-state index contributed by atoms with van der Waals surface area (Å²) in [5.41, 5.74) is 4.00. The highest BCUT2D eigenvalue weighted by Crippen LogP contribution is 2.45. The molecule has 1 aliphatic carbocycles. The van der Waals surface area contributed by atoms with Gasteiger partial charge < -0.3 is 0 Å². The Morgan fingerprint density at radius 1 is 1.04 bits per heavy atom. The predicted molar refractivity (Wildman–Crippen MR) is 95.5 cm³/mol. The van der Waals surface area contributed by atoms with Crippen molar-refractivity contribution in [2.75, 3.05) is 0 Å². The van der Waals surface area contributed by atoms with E-state index in [2.05, 4.69) is 32.0 Å². The molecule has 0 radical (unpaired) electrons. The molecule has 0 aromatic heterocycles. The predicted octanol–water partition coefficient (Wildman–Crippen LogP) is 4.36. The summed E-state index contributed by atoms with van der Waals surface area (Å²) in [5.74, 6) is 0.0483. The van der Waals surface area contributed by atoms with Crippen molar-refractivity contribution in [1.29, 1.82) is 0 Å². The van der Waals surface area contributed by atoms with Crippen LogP contribution in [0, 0.1) is 5.92 Å². The van der Waals surface area contributed by atoms with Crippen LogP contribution in [-0.4, -0.2) is 16.7 Å². The quantitative estimate of drug-likeness (QED) is 0.699. The van der Waals surface area contributed by atoms with Crippen LogP contribution in [0.5, 0.6) is 0 Å². The first-order chi connectivity index (χ1) is 11.7. The molecule has 24 heavy (non-hydrogen) atoms. The van der Waals surface area contributed by atoms with Gasteiger partial charge in [0.25, 0.3) is 11.8 Å². The highest BCUT2D eigenvalue weighted by atomic mass is 16.2. The van der Waals surface area contributed by atoms with Gasteiger partial charge >= 0.3 is 0 Å². The van der Waals surface area contributed by atoms with Gasteiger partial charge in [0, 0.05) is 12.2 Å². The third-order valence-electron chi connectivity index (χ3n) is 5.39. The average molecular weight is 325 g/mol. The van der Waals surface area contributed by atoms with Crippen molar-refractivity contribution in [3.63, 3.8) is 0 Å². The second-order valence-electron chi connectivity index (χ2n) is 7.02. The Hall–Kier alpha value is -1.90. The molecule has 3 nitrogen and oxygen atoms in total. The third-order valence-corrected chi connectivity index (χ3v) is 5.39. The summed E-state index contributed by atoms with van der Waals surface area (Å²) in [5, 5.41) is 0. The Morgan fingerprint density at radius 3 is 2.42 bits per heavy atom. The normalized spacial score (nSPS) is 22.5. The Kier molecular flexibility index (Phi) is 5.17. The molecule has 0 fully saturated rings. The molecule has 3 heteroatoms. The number of amides is 2. The van der Waals surface area contributed by atoms with E-state index in [-0.39, 0.29) is 17.9 Å². The van der Waals surface area contributed by atoms with Crippen LogP contribution in [0.1, 0.15) is 68.7 Å². The van der Waals surface area contributed by atoms with Crippen molar-refractivity contribution in [1.82, 2.24) is 4.90 Å². The lowest BCUT2D eigenvalue weighted by Gasteiger charge is -2.28. The number of hydrogen-bond donors (Lipinski definition) is 0. The fraction of sp³-hybridized carbons (Fsp3) is 0.524. The average Bonchev–Trinajstić information content (AvgIpc) is 3.10. The molecule has 0 saturated carbocycles. The van der Waals surface area contributed by atoms with Gasteiger partial charge in [-0.3, -0.25) is 14.5 Å². The number of hydrogen-bond acceptors (Lipinski definition) is 2. The molecule has 3 rings (SSSR count). The number of unbranched alkanes of at least 4 members (excludes halogenated alkanes) is 2. The van der Waals surface area contributed by atoms with Crippen LogP contribution in [0.4, 0.5) is 0 Å². The summed E-state index contributed by atoms with van der Waals surface area (Å²) in [6.07, 6.45) is 10.6. The van der Waals surface area contributed by atoms with Crippen LogP contribution in [0.2, 0.25) is 0 Å². The van der Waals surface area contributed by atoms with E-state index in [1.165, 1.54) is 46.6 Å². The molecule has 0 unspecified atom stereocenters. The van der Waals surface area contributed by atoms with Crippen LogP contribution in [-0.2, 0) is 22.4 Å². The van der Waals surface area contributed by atoms with E-state index in [9.17, 15) is 9.59 Å². The number of imide groups is 1. The Bertz CT molecular complexity index is 644. The van der Waals surface area contributed by atoms with Gasteiger partial charge in [0.05, 0.1) is 6.04 Å². The van der Waals surface area contributed by atoms with Crippen LogP contribution in [0.25, 0.3) is 0 Å². The lowest BCUT2D eigenvalue weighted by atomic mass is 9.93. The minimum absolute atomic E-state index is 0.0804. The lowest BCUT2D eigenvalue weighted by Crippen LogP contribution is -2.36. The highest BCUT2D eigenvalue weighted by molar-refractivity contribution is 6.13. The van der Waals surface area contributed by atoms with Gasteiger partial charge in [0.1, 0.15) is 0 Å². The van der Waals surface area contributed by atoms with E-state index < -0.39 is 0 Å². The van der Waals surface area contributed by atoms with Crippen molar-refractivity contribution in [3.8, 4) is 0 Å². The van der Waals surface area contributed by atoms with Gasteiger partial charge in [-0.15, -0.1) is 0 Å². The van der Waals surface area contributed by atoms with Gasteiger partial charge in [-0.2, -0.15) is 0 Å². The van der Waals surface area contributed by atoms with Crippen LogP contribution >= 0.6 is 0 Å². The molecule has 0 saturated heterocycles. The third kappa shape index (κ3) is 3.04. The topological polar surface area (TPSA) is 37.4 Å². The van der Waals surface area contributed by atoms with Crippen molar-refractivity contribution in [2.45, 2.75) is 64.8 Å². The van der Waals surface area contributed by atoms with Gasteiger partial charge in [0.2, 0.25) is 0 Å². The van der Waals surface area contributed by atoms with E-state index in [0.717, 1.165) is 32.1 Å². The largest absolute Gasteiger partial charge is 0.269 e. The first-order valence-corrected chi connectivity index (χ1v) is 9.33. The number of carbonyl (C=O) groups excluding carboxylic acids is 2.